The molecule has 0 radical (unpaired) electrons. The van der Waals surface area contributed by atoms with Crippen LogP contribution in [0.1, 0.15) is 47.8 Å². The Balaban J connectivity index is 1.65. The maximum absolute atomic E-state index is 13.4. The lowest BCUT2D eigenvalue weighted by Crippen LogP contribution is -2.31. The molecular weight excluding hydrogens is 321 g/mol. The van der Waals surface area contributed by atoms with E-state index in [1.54, 1.807) is 6.07 Å². The molecule has 1 amide bonds. The van der Waals surface area contributed by atoms with Gasteiger partial charge in [-0.15, -0.1) is 0 Å². The van der Waals surface area contributed by atoms with Crippen molar-refractivity contribution in [3.8, 4) is 0 Å². The Kier molecular flexibility index (Phi) is 3.78. The van der Waals surface area contributed by atoms with E-state index in [0.29, 0.717) is 29.1 Å². The van der Waals surface area contributed by atoms with Gasteiger partial charge in [0.15, 0.2) is 5.69 Å². The first-order valence-corrected chi connectivity index (χ1v) is 8.57. The van der Waals surface area contributed by atoms with E-state index < -0.39 is 0 Å². The number of rotatable bonds is 3. The molecule has 7 heteroatoms. The minimum atomic E-state index is -0.303. The van der Waals surface area contributed by atoms with Crippen molar-refractivity contribution in [3.63, 3.8) is 0 Å². The predicted octanol–water partition coefficient (Wildman–Crippen LogP) is 3.20. The summed E-state index contributed by atoms with van der Waals surface area (Å²) < 4.78 is 15.2. The fraction of sp³-hybridized carbons (Fsp3) is 0.389. The average Bonchev–Trinajstić information content (AvgIpc) is 3.30. The first-order chi connectivity index (χ1) is 12.1. The van der Waals surface area contributed by atoms with E-state index >= 15 is 0 Å². The smallest absolute Gasteiger partial charge is 0.274 e. The number of nitrogens with one attached hydrogen (secondary N) is 1. The molecule has 0 bridgehead atoms. The van der Waals surface area contributed by atoms with Crippen molar-refractivity contribution in [1.29, 1.82) is 0 Å². The molecule has 3 heterocycles. The summed E-state index contributed by atoms with van der Waals surface area (Å²) in [6.07, 6.45) is 1.75. The van der Waals surface area contributed by atoms with E-state index in [2.05, 4.69) is 15.1 Å². The lowest BCUT2D eigenvalue weighted by atomic mass is 10.2. The summed E-state index contributed by atoms with van der Waals surface area (Å²) in [5, 5.41) is 4.40. The van der Waals surface area contributed by atoms with Crippen LogP contribution in [0.2, 0.25) is 0 Å². The Morgan fingerprint density at radius 3 is 3.00 bits per heavy atom. The predicted molar refractivity (Wildman–Crippen MR) is 91.7 cm³/mol. The number of halogens is 1. The summed E-state index contributed by atoms with van der Waals surface area (Å²) >= 11 is 0. The summed E-state index contributed by atoms with van der Waals surface area (Å²) in [6.45, 7) is 5.35. The zero-order valence-corrected chi connectivity index (χ0v) is 14.3. The number of benzene rings is 1. The molecule has 0 spiro atoms. The zero-order chi connectivity index (χ0) is 17.6. The Bertz CT molecular complexity index is 944. The molecule has 1 atom stereocenters. The molecule has 1 fully saturated rings. The second kappa shape index (κ2) is 5.98. The third-order valence-corrected chi connectivity index (χ3v) is 4.79. The van der Waals surface area contributed by atoms with Gasteiger partial charge in [-0.3, -0.25) is 9.48 Å². The number of aryl methyl sites for hydroxylation is 2. The molecule has 6 nitrogen and oxygen atoms in total. The van der Waals surface area contributed by atoms with Gasteiger partial charge in [0, 0.05) is 18.8 Å². The van der Waals surface area contributed by atoms with Crippen molar-refractivity contribution in [1.82, 2.24) is 24.6 Å². The van der Waals surface area contributed by atoms with Gasteiger partial charge in [0.05, 0.1) is 17.1 Å². The van der Waals surface area contributed by atoms with E-state index in [-0.39, 0.29) is 17.8 Å². The monoisotopic (exact) mass is 341 g/mol. The van der Waals surface area contributed by atoms with Crippen LogP contribution < -0.4 is 0 Å². The molecule has 0 aliphatic carbocycles. The molecule has 1 aliphatic rings. The topological polar surface area (TPSA) is 66.8 Å². The second-order valence-electron chi connectivity index (χ2n) is 6.43. The maximum Gasteiger partial charge on any atom is 0.274 e. The molecule has 1 aliphatic heterocycles. The standard InChI is InChI=1S/C18H20FN5O/c1-3-24-11(2)9-15(22-24)18(25)23-8-4-5-16(23)17-20-13-7-6-12(19)10-14(13)21-17/h6-7,9-10,16H,3-5,8H2,1-2H3,(H,20,21)/t16-/m0/s1. The van der Waals surface area contributed by atoms with Crippen LogP contribution >= 0.6 is 0 Å². The number of carbonyl (C=O) groups is 1. The number of imidazole rings is 1. The van der Waals surface area contributed by atoms with E-state index in [1.807, 2.05) is 29.5 Å². The number of H-pyrrole nitrogens is 1. The molecule has 1 N–H and O–H groups in total. The Labute approximate surface area is 144 Å². The molecule has 3 aromatic rings. The number of carbonyl (C=O) groups excluding carboxylic acids is 1. The molecule has 1 saturated heterocycles. The van der Waals surface area contributed by atoms with E-state index in [1.165, 1.54) is 12.1 Å². The summed E-state index contributed by atoms with van der Waals surface area (Å²) in [7, 11) is 0. The number of amides is 1. The first-order valence-electron chi connectivity index (χ1n) is 8.57. The van der Waals surface area contributed by atoms with Crippen molar-refractivity contribution in [2.45, 2.75) is 39.3 Å². The number of aromatic amines is 1. The van der Waals surface area contributed by atoms with Crippen LogP contribution in [0.3, 0.4) is 0 Å². The first kappa shape index (κ1) is 15.8. The van der Waals surface area contributed by atoms with Crippen LogP contribution in [0.4, 0.5) is 4.39 Å². The van der Waals surface area contributed by atoms with E-state index in [9.17, 15) is 9.18 Å². The highest BCUT2D eigenvalue weighted by molar-refractivity contribution is 5.93. The zero-order valence-electron chi connectivity index (χ0n) is 14.3. The normalized spacial score (nSPS) is 17.6. The summed E-state index contributed by atoms with van der Waals surface area (Å²) in [5.41, 5.74) is 2.80. The Morgan fingerprint density at radius 2 is 2.24 bits per heavy atom. The fourth-order valence-corrected chi connectivity index (χ4v) is 3.54. The number of fused-ring (bicyclic) bond motifs is 1. The van der Waals surface area contributed by atoms with Gasteiger partial charge >= 0.3 is 0 Å². The number of aromatic nitrogens is 4. The Morgan fingerprint density at radius 1 is 1.40 bits per heavy atom. The van der Waals surface area contributed by atoms with Gasteiger partial charge in [-0.1, -0.05) is 0 Å². The highest BCUT2D eigenvalue weighted by atomic mass is 19.1. The van der Waals surface area contributed by atoms with Gasteiger partial charge in [-0.2, -0.15) is 5.10 Å². The van der Waals surface area contributed by atoms with Gasteiger partial charge in [-0.25, -0.2) is 9.37 Å². The van der Waals surface area contributed by atoms with Crippen LogP contribution in [0.25, 0.3) is 11.0 Å². The number of hydrogen-bond donors (Lipinski definition) is 1. The third kappa shape index (κ3) is 2.69. The van der Waals surface area contributed by atoms with Crippen molar-refractivity contribution in [2.24, 2.45) is 0 Å². The molecule has 130 valence electrons. The molecule has 2 aromatic heterocycles. The largest absolute Gasteiger partial charge is 0.340 e. The summed E-state index contributed by atoms with van der Waals surface area (Å²) in [5.74, 6) is 0.324. The van der Waals surface area contributed by atoms with Crippen molar-refractivity contribution >= 4 is 16.9 Å². The molecule has 1 aromatic carbocycles. The maximum atomic E-state index is 13.4. The van der Waals surface area contributed by atoms with Gasteiger partial charge < -0.3 is 9.88 Å². The number of nitrogens with zero attached hydrogens (tertiary/aromatic N) is 4. The van der Waals surface area contributed by atoms with Crippen LogP contribution in [0.5, 0.6) is 0 Å². The van der Waals surface area contributed by atoms with Crippen molar-refractivity contribution in [3.05, 3.63) is 47.3 Å². The fourth-order valence-electron chi connectivity index (χ4n) is 3.54. The quantitative estimate of drug-likeness (QED) is 0.795. The molecular formula is C18H20FN5O. The third-order valence-electron chi connectivity index (χ3n) is 4.79. The lowest BCUT2D eigenvalue weighted by Gasteiger charge is -2.22. The Hall–Kier alpha value is -2.70. The van der Waals surface area contributed by atoms with Crippen LogP contribution in [0, 0.1) is 12.7 Å². The number of hydrogen-bond acceptors (Lipinski definition) is 3. The molecule has 0 unspecified atom stereocenters. The van der Waals surface area contributed by atoms with Gasteiger partial charge in [-0.05, 0) is 51.0 Å². The molecule has 4 rings (SSSR count). The summed E-state index contributed by atoms with van der Waals surface area (Å²) in [4.78, 5) is 22.5. The molecule has 25 heavy (non-hydrogen) atoms. The number of likely N-dealkylation sites (tertiary alicyclic amines) is 1. The minimum absolute atomic E-state index is 0.0792. The SMILES string of the molecule is CCn1nc(C(=O)N2CCC[C@H]2c2nc3ccc(F)cc3[nH]2)cc1C. The lowest BCUT2D eigenvalue weighted by molar-refractivity contribution is 0.0723. The van der Waals surface area contributed by atoms with E-state index in [4.69, 9.17) is 0 Å². The van der Waals surface area contributed by atoms with Crippen molar-refractivity contribution < 1.29 is 9.18 Å². The van der Waals surface area contributed by atoms with Crippen molar-refractivity contribution in [2.75, 3.05) is 6.54 Å². The van der Waals surface area contributed by atoms with Gasteiger partial charge in [0.25, 0.3) is 5.91 Å². The summed E-state index contributed by atoms with van der Waals surface area (Å²) in [6, 6.07) is 6.17. The molecule has 0 saturated carbocycles. The second-order valence-corrected chi connectivity index (χ2v) is 6.43. The minimum Gasteiger partial charge on any atom is -0.340 e. The van der Waals surface area contributed by atoms with Crippen LogP contribution in [-0.2, 0) is 6.54 Å². The highest BCUT2D eigenvalue weighted by Gasteiger charge is 2.33. The van der Waals surface area contributed by atoms with Crippen LogP contribution in [0.15, 0.2) is 24.3 Å². The van der Waals surface area contributed by atoms with Gasteiger partial charge in [0.2, 0.25) is 0 Å². The van der Waals surface area contributed by atoms with Crippen LogP contribution in [-0.4, -0.2) is 37.1 Å². The average molecular weight is 341 g/mol. The highest BCUT2D eigenvalue weighted by Crippen LogP contribution is 2.32. The van der Waals surface area contributed by atoms with Gasteiger partial charge in [0.1, 0.15) is 11.6 Å². The van der Waals surface area contributed by atoms with E-state index in [0.717, 1.165) is 25.1 Å².